The van der Waals surface area contributed by atoms with Gasteiger partial charge in [-0.15, -0.1) is 0 Å². The van der Waals surface area contributed by atoms with E-state index in [1.165, 1.54) is 12.4 Å². The molecule has 17 heavy (non-hydrogen) atoms. The van der Waals surface area contributed by atoms with Crippen LogP contribution in [0.2, 0.25) is 0 Å². The lowest BCUT2D eigenvalue weighted by Gasteiger charge is -2.04. The molecule has 0 aliphatic heterocycles. The molecule has 0 aromatic heterocycles. The molecule has 0 heterocycles. The zero-order valence-corrected chi connectivity index (χ0v) is 9.21. The average Bonchev–Trinajstić information content (AvgIpc) is 2.30. The van der Waals surface area contributed by atoms with Crippen molar-refractivity contribution in [2.75, 3.05) is 6.26 Å². The van der Waals surface area contributed by atoms with Gasteiger partial charge in [0.15, 0.2) is 34.6 Å². The lowest BCUT2D eigenvalue weighted by molar-refractivity contribution is 0.437. The molecule has 0 amide bonds. The summed E-state index contributed by atoms with van der Waals surface area (Å²) in [4.78, 5) is 3.36. The van der Waals surface area contributed by atoms with Crippen molar-refractivity contribution < 1.29 is 17.6 Å². The Morgan fingerprint density at radius 1 is 1.29 bits per heavy atom. The van der Waals surface area contributed by atoms with Crippen LogP contribution in [0.4, 0.5) is 23.2 Å². The van der Waals surface area contributed by atoms with Gasteiger partial charge < -0.3 is 0 Å². The van der Waals surface area contributed by atoms with Gasteiger partial charge in [-0.05, 0) is 6.26 Å². The first-order valence-corrected chi connectivity index (χ1v) is 5.34. The van der Waals surface area contributed by atoms with Crippen LogP contribution in [-0.4, -0.2) is 11.4 Å². The van der Waals surface area contributed by atoms with E-state index in [2.05, 4.69) is 4.99 Å². The highest BCUT2D eigenvalue weighted by molar-refractivity contribution is 8.13. The Kier molecular flexibility index (Phi) is 4.34. The Morgan fingerprint density at radius 2 is 1.94 bits per heavy atom. The monoisotopic (exact) mass is 263 g/mol. The summed E-state index contributed by atoms with van der Waals surface area (Å²) in [6.45, 7) is 0. The molecule has 1 N–H and O–H groups in total. The molecule has 0 aliphatic carbocycles. The SMILES string of the molecule is CSC(=Nc1c(F)cc(F)c(F)c1F)NC#N. The second kappa shape index (κ2) is 5.54. The third-order valence-corrected chi connectivity index (χ3v) is 2.24. The molecule has 0 atom stereocenters. The van der Waals surface area contributed by atoms with Gasteiger partial charge in [0.2, 0.25) is 0 Å². The molecule has 0 saturated heterocycles. The summed E-state index contributed by atoms with van der Waals surface area (Å²) in [5, 5.41) is 10.2. The topological polar surface area (TPSA) is 48.2 Å². The molecular formula is C9H5F4N3S. The van der Waals surface area contributed by atoms with Gasteiger partial charge in [-0.3, -0.25) is 5.32 Å². The quantitative estimate of drug-likeness (QED) is 0.161. The zero-order valence-electron chi connectivity index (χ0n) is 8.39. The number of aliphatic imine (C=N–C) groups is 1. The van der Waals surface area contributed by atoms with E-state index in [1.807, 2.05) is 5.32 Å². The van der Waals surface area contributed by atoms with Crippen LogP contribution < -0.4 is 5.32 Å². The number of nitrogens with zero attached hydrogens (tertiary/aromatic N) is 2. The first-order valence-electron chi connectivity index (χ1n) is 4.12. The Balaban J connectivity index is 3.33. The highest BCUT2D eigenvalue weighted by Crippen LogP contribution is 2.27. The summed E-state index contributed by atoms with van der Waals surface area (Å²) in [5.41, 5.74) is -0.990. The van der Waals surface area contributed by atoms with Crippen molar-refractivity contribution in [2.24, 2.45) is 4.99 Å². The van der Waals surface area contributed by atoms with Gasteiger partial charge in [-0.2, -0.15) is 5.26 Å². The van der Waals surface area contributed by atoms with Crippen molar-refractivity contribution in [1.29, 1.82) is 5.26 Å². The number of hydrogen-bond donors (Lipinski definition) is 1. The highest BCUT2D eigenvalue weighted by Gasteiger charge is 2.19. The third-order valence-electron chi connectivity index (χ3n) is 1.66. The maximum absolute atomic E-state index is 13.2. The van der Waals surface area contributed by atoms with Crippen LogP contribution in [-0.2, 0) is 0 Å². The molecule has 1 aromatic carbocycles. The molecule has 1 rings (SSSR count). The standard InChI is InChI=1S/C9H5F4N3S/c1-17-9(15-3-14)16-8-5(11)2-4(10)6(12)7(8)13/h2H,1H3,(H,15,16). The van der Waals surface area contributed by atoms with Crippen molar-refractivity contribution in [3.8, 4) is 6.19 Å². The van der Waals surface area contributed by atoms with Crippen LogP contribution in [0.25, 0.3) is 0 Å². The molecule has 0 bridgehead atoms. The fraction of sp³-hybridized carbons (Fsp3) is 0.111. The number of hydrogen-bond acceptors (Lipinski definition) is 3. The molecule has 90 valence electrons. The number of nitrogens with one attached hydrogen (secondary N) is 1. The van der Waals surface area contributed by atoms with E-state index in [4.69, 9.17) is 5.26 Å². The number of benzene rings is 1. The predicted octanol–water partition coefficient (Wildman–Crippen LogP) is 2.66. The first kappa shape index (κ1) is 13.3. The van der Waals surface area contributed by atoms with E-state index in [1.54, 1.807) is 0 Å². The van der Waals surface area contributed by atoms with Crippen molar-refractivity contribution in [3.63, 3.8) is 0 Å². The molecule has 0 unspecified atom stereocenters. The molecular weight excluding hydrogens is 258 g/mol. The second-order valence-corrected chi connectivity index (χ2v) is 3.47. The van der Waals surface area contributed by atoms with Crippen LogP contribution in [0.5, 0.6) is 0 Å². The second-order valence-electron chi connectivity index (χ2n) is 2.67. The first-order chi connectivity index (χ1) is 8.01. The van der Waals surface area contributed by atoms with Gasteiger partial charge in [-0.25, -0.2) is 22.6 Å². The van der Waals surface area contributed by atoms with Crippen molar-refractivity contribution >= 4 is 22.6 Å². The number of halogens is 4. The van der Waals surface area contributed by atoms with E-state index >= 15 is 0 Å². The maximum Gasteiger partial charge on any atom is 0.196 e. The maximum atomic E-state index is 13.2. The smallest absolute Gasteiger partial charge is 0.196 e. The zero-order chi connectivity index (χ0) is 13.0. The van der Waals surface area contributed by atoms with E-state index in [-0.39, 0.29) is 11.2 Å². The van der Waals surface area contributed by atoms with Crippen molar-refractivity contribution in [3.05, 3.63) is 29.3 Å². The van der Waals surface area contributed by atoms with Gasteiger partial charge in [0.25, 0.3) is 0 Å². The van der Waals surface area contributed by atoms with Crippen molar-refractivity contribution in [1.82, 2.24) is 5.32 Å². The molecule has 0 fully saturated rings. The Morgan fingerprint density at radius 3 is 2.47 bits per heavy atom. The summed E-state index contributed by atoms with van der Waals surface area (Å²) >= 11 is 0.884. The molecule has 0 radical (unpaired) electrons. The van der Waals surface area contributed by atoms with Crippen molar-refractivity contribution in [2.45, 2.75) is 0 Å². The van der Waals surface area contributed by atoms with Crippen LogP contribution in [0.3, 0.4) is 0 Å². The Bertz CT molecular complexity index is 510. The number of nitriles is 1. The Hall–Kier alpha value is -1.75. The summed E-state index contributed by atoms with van der Waals surface area (Å²) in [6.07, 6.45) is 2.97. The summed E-state index contributed by atoms with van der Waals surface area (Å²) in [7, 11) is 0. The summed E-state index contributed by atoms with van der Waals surface area (Å²) in [5.74, 6) is -6.55. The van der Waals surface area contributed by atoms with Gasteiger partial charge in [0.1, 0.15) is 5.69 Å². The van der Waals surface area contributed by atoms with Gasteiger partial charge in [0.05, 0.1) is 0 Å². The third kappa shape index (κ3) is 2.88. The molecule has 0 saturated carbocycles. The van der Waals surface area contributed by atoms with E-state index in [0.717, 1.165) is 11.8 Å². The minimum atomic E-state index is -1.82. The number of thioether (sulfide) groups is 1. The van der Waals surface area contributed by atoms with Crippen LogP contribution in [0.1, 0.15) is 0 Å². The van der Waals surface area contributed by atoms with Gasteiger partial charge in [0, 0.05) is 6.07 Å². The molecule has 1 aromatic rings. The highest BCUT2D eigenvalue weighted by atomic mass is 32.2. The fourth-order valence-electron chi connectivity index (χ4n) is 0.933. The van der Waals surface area contributed by atoms with E-state index in [9.17, 15) is 17.6 Å². The number of amidine groups is 1. The lowest BCUT2D eigenvalue weighted by atomic mass is 10.2. The minimum absolute atomic E-state index is 0.142. The molecule has 3 nitrogen and oxygen atoms in total. The molecule has 0 spiro atoms. The summed E-state index contributed by atoms with van der Waals surface area (Å²) < 4.78 is 51.8. The molecule has 8 heteroatoms. The Labute approximate surface area is 98.1 Å². The van der Waals surface area contributed by atoms with Crippen LogP contribution in [0, 0.1) is 34.7 Å². The van der Waals surface area contributed by atoms with Crippen LogP contribution in [0.15, 0.2) is 11.1 Å². The summed E-state index contributed by atoms with van der Waals surface area (Å²) in [6, 6.07) is 0.182. The average molecular weight is 263 g/mol. The number of rotatable bonds is 1. The van der Waals surface area contributed by atoms with Gasteiger partial charge in [-0.1, -0.05) is 11.8 Å². The predicted molar refractivity (Wildman–Crippen MR) is 55.6 cm³/mol. The van der Waals surface area contributed by atoms with Gasteiger partial charge >= 0.3 is 0 Å². The minimum Gasteiger partial charge on any atom is -0.271 e. The van der Waals surface area contributed by atoms with Crippen LogP contribution >= 0.6 is 11.8 Å². The normalized spacial score (nSPS) is 11.2. The van der Waals surface area contributed by atoms with E-state index in [0.29, 0.717) is 0 Å². The molecule has 0 aliphatic rings. The fourth-order valence-corrected chi connectivity index (χ4v) is 1.26. The lowest BCUT2D eigenvalue weighted by Crippen LogP contribution is -2.13. The van der Waals surface area contributed by atoms with E-state index < -0.39 is 29.0 Å². The largest absolute Gasteiger partial charge is 0.271 e.